The van der Waals surface area contributed by atoms with Crippen LogP contribution in [0.1, 0.15) is 17.4 Å². The van der Waals surface area contributed by atoms with E-state index in [1.165, 1.54) is 17.5 Å². The van der Waals surface area contributed by atoms with E-state index < -0.39 is 6.10 Å². The van der Waals surface area contributed by atoms with Gasteiger partial charge in [0, 0.05) is 12.1 Å². The molecule has 0 spiro atoms. The maximum absolute atomic E-state index is 10.5. The molecule has 1 unspecified atom stereocenters. The molecule has 8 heteroatoms. The van der Waals surface area contributed by atoms with Crippen LogP contribution in [0.3, 0.4) is 0 Å². The van der Waals surface area contributed by atoms with Crippen LogP contribution in [0, 0.1) is 0 Å². The van der Waals surface area contributed by atoms with Gasteiger partial charge >= 0.3 is 0 Å². The Kier molecular flexibility index (Phi) is 5.34. The summed E-state index contributed by atoms with van der Waals surface area (Å²) in [7, 11) is 3.94. The minimum Gasteiger partial charge on any atom is -0.382 e. The summed E-state index contributed by atoms with van der Waals surface area (Å²) >= 11 is 19.3. The van der Waals surface area contributed by atoms with Crippen LogP contribution < -0.4 is 0 Å². The van der Waals surface area contributed by atoms with Crippen LogP contribution >= 0.6 is 46.1 Å². The third-order valence-corrected chi connectivity index (χ3v) is 4.64. The number of thiophene rings is 1. The number of rotatable bonds is 5. The van der Waals surface area contributed by atoms with E-state index in [0.717, 1.165) is 6.54 Å². The van der Waals surface area contributed by atoms with Gasteiger partial charge in [-0.1, -0.05) is 34.8 Å². The fraction of sp³-hybridized carbons (Fsp3) is 0.417. The molecule has 4 nitrogen and oxygen atoms in total. The highest BCUT2D eigenvalue weighted by molar-refractivity contribution is 7.20. The Morgan fingerprint density at radius 2 is 2.10 bits per heavy atom. The quantitative estimate of drug-likeness (QED) is 0.893. The third kappa shape index (κ3) is 3.47. The van der Waals surface area contributed by atoms with Gasteiger partial charge in [-0.05, 0) is 20.2 Å². The topological polar surface area (TPSA) is 41.3 Å². The summed E-state index contributed by atoms with van der Waals surface area (Å²) in [5.74, 6) is 0. The molecular formula is C12H14Cl3N3OS. The predicted molar refractivity (Wildman–Crippen MR) is 84.2 cm³/mol. The summed E-state index contributed by atoms with van der Waals surface area (Å²) in [6.45, 7) is 1.41. The highest BCUT2D eigenvalue weighted by Crippen LogP contribution is 2.38. The lowest BCUT2D eigenvalue weighted by Gasteiger charge is -2.15. The highest BCUT2D eigenvalue weighted by atomic mass is 35.5. The summed E-state index contributed by atoms with van der Waals surface area (Å²) in [4.78, 5) is 2.03. The molecule has 0 fully saturated rings. The summed E-state index contributed by atoms with van der Waals surface area (Å²) in [6, 6.07) is 1.65. The van der Waals surface area contributed by atoms with Crippen molar-refractivity contribution in [1.82, 2.24) is 14.7 Å². The Morgan fingerprint density at radius 3 is 2.65 bits per heavy atom. The molecule has 2 aromatic heterocycles. The Morgan fingerprint density at radius 1 is 1.40 bits per heavy atom. The SMILES string of the molecule is CN(C)CCn1ncc(Cl)c1C(O)c1cc(Cl)sc1Cl. The Balaban J connectivity index is 2.31. The van der Waals surface area contributed by atoms with Gasteiger partial charge in [0.25, 0.3) is 0 Å². The molecule has 0 bridgehead atoms. The fourth-order valence-corrected chi connectivity index (χ4v) is 3.57. The lowest BCUT2D eigenvalue weighted by Crippen LogP contribution is -2.21. The molecule has 0 aromatic carbocycles. The van der Waals surface area contributed by atoms with Gasteiger partial charge in [-0.2, -0.15) is 5.10 Å². The van der Waals surface area contributed by atoms with Crippen LogP contribution in [-0.4, -0.2) is 40.4 Å². The molecule has 1 atom stereocenters. The average molecular weight is 355 g/mol. The minimum absolute atomic E-state index is 0.412. The third-order valence-electron chi connectivity index (χ3n) is 2.83. The van der Waals surface area contributed by atoms with Gasteiger partial charge in [0.2, 0.25) is 0 Å². The molecule has 0 saturated carbocycles. The van der Waals surface area contributed by atoms with Gasteiger partial charge in [-0.25, -0.2) is 0 Å². The zero-order chi connectivity index (χ0) is 14.9. The maximum Gasteiger partial charge on any atom is 0.124 e. The molecule has 110 valence electrons. The Labute approximate surface area is 136 Å². The van der Waals surface area contributed by atoms with E-state index in [4.69, 9.17) is 34.8 Å². The number of likely N-dealkylation sites (N-methyl/N-ethyl adjacent to an activating group) is 1. The molecule has 2 rings (SSSR count). The van der Waals surface area contributed by atoms with E-state index in [-0.39, 0.29) is 0 Å². The van der Waals surface area contributed by atoms with Crippen molar-refractivity contribution in [2.75, 3.05) is 20.6 Å². The van der Waals surface area contributed by atoms with Crippen LogP contribution in [0.5, 0.6) is 0 Å². The highest BCUT2D eigenvalue weighted by Gasteiger charge is 2.23. The predicted octanol–water partition coefficient (Wildman–Crippen LogP) is 3.55. The molecule has 0 aliphatic carbocycles. The van der Waals surface area contributed by atoms with E-state index >= 15 is 0 Å². The standard InChI is InChI=1S/C12H14Cl3N3OS/c1-17(2)3-4-18-10(8(13)6-16-18)11(19)7-5-9(14)20-12(7)15/h5-6,11,19H,3-4H2,1-2H3. The number of halogens is 3. The first kappa shape index (κ1) is 16.1. The van der Waals surface area contributed by atoms with Crippen molar-refractivity contribution in [3.8, 4) is 0 Å². The number of aromatic nitrogens is 2. The van der Waals surface area contributed by atoms with Crippen LogP contribution in [0.4, 0.5) is 0 Å². The van der Waals surface area contributed by atoms with E-state index in [2.05, 4.69) is 5.10 Å². The number of hydrogen-bond acceptors (Lipinski definition) is 4. The molecule has 0 aliphatic rings. The lowest BCUT2D eigenvalue weighted by atomic mass is 10.1. The zero-order valence-electron chi connectivity index (χ0n) is 11.0. The molecule has 2 heterocycles. The van der Waals surface area contributed by atoms with Gasteiger partial charge in [-0.3, -0.25) is 4.68 Å². The number of aliphatic hydroxyl groups excluding tert-OH is 1. The average Bonchev–Trinajstić information content (AvgIpc) is 2.89. The summed E-state index contributed by atoms with van der Waals surface area (Å²) < 4.78 is 2.67. The summed E-state index contributed by atoms with van der Waals surface area (Å²) in [5, 5.41) is 15.1. The second-order valence-electron chi connectivity index (χ2n) is 4.59. The number of nitrogens with zero attached hydrogens (tertiary/aromatic N) is 3. The van der Waals surface area contributed by atoms with Crippen molar-refractivity contribution in [3.63, 3.8) is 0 Å². The lowest BCUT2D eigenvalue weighted by molar-refractivity contribution is 0.206. The van der Waals surface area contributed by atoms with E-state index in [9.17, 15) is 5.11 Å². The van der Waals surface area contributed by atoms with E-state index in [0.29, 0.717) is 31.5 Å². The first-order valence-electron chi connectivity index (χ1n) is 5.89. The molecular weight excluding hydrogens is 341 g/mol. The molecule has 0 amide bonds. The number of hydrogen-bond donors (Lipinski definition) is 1. The van der Waals surface area contributed by atoms with Crippen molar-refractivity contribution in [2.45, 2.75) is 12.6 Å². The second-order valence-corrected chi connectivity index (χ2v) is 7.28. The first-order valence-corrected chi connectivity index (χ1v) is 7.84. The minimum atomic E-state index is -0.941. The van der Waals surface area contributed by atoms with Crippen LogP contribution in [0.2, 0.25) is 13.7 Å². The number of aliphatic hydroxyl groups is 1. The molecule has 0 saturated heterocycles. The molecule has 0 radical (unpaired) electrons. The van der Waals surface area contributed by atoms with Gasteiger partial charge in [-0.15, -0.1) is 11.3 Å². The fourth-order valence-electron chi connectivity index (χ4n) is 1.80. The van der Waals surface area contributed by atoms with Crippen molar-refractivity contribution in [2.24, 2.45) is 0 Å². The summed E-state index contributed by atoms with van der Waals surface area (Å²) in [5.41, 5.74) is 1.08. The smallest absolute Gasteiger partial charge is 0.124 e. The zero-order valence-corrected chi connectivity index (χ0v) is 14.1. The monoisotopic (exact) mass is 353 g/mol. The molecule has 1 N–H and O–H groups in total. The van der Waals surface area contributed by atoms with Crippen LogP contribution in [0.25, 0.3) is 0 Å². The molecule has 0 aliphatic heterocycles. The van der Waals surface area contributed by atoms with Crippen molar-refractivity contribution in [1.29, 1.82) is 0 Å². The van der Waals surface area contributed by atoms with Crippen LogP contribution in [-0.2, 0) is 6.54 Å². The van der Waals surface area contributed by atoms with Crippen molar-refractivity contribution < 1.29 is 5.11 Å². The normalized spacial score (nSPS) is 13.2. The largest absolute Gasteiger partial charge is 0.382 e. The Hall–Kier alpha value is -0.300. The first-order chi connectivity index (χ1) is 9.40. The van der Waals surface area contributed by atoms with Crippen LogP contribution in [0.15, 0.2) is 12.3 Å². The molecule has 20 heavy (non-hydrogen) atoms. The van der Waals surface area contributed by atoms with Gasteiger partial charge in [0.05, 0.1) is 27.8 Å². The van der Waals surface area contributed by atoms with E-state index in [1.54, 1.807) is 10.7 Å². The Bertz CT molecular complexity index is 597. The maximum atomic E-state index is 10.5. The van der Waals surface area contributed by atoms with Gasteiger partial charge in [0.1, 0.15) is 10.4 Å². The van der Waals surface area contributed by atoms with Gasteiger partial charge in [0.15, 0.2) is 0 Å². The molecule has 2 aromatic rings. The summed E-state index contributed by atoms with van der Waals surface area (Å²) in [6.07, 6.45) is 0.584. The second kappa shape index (κ2) is 6.64. The van der Waals surface area contributed by atoms with E-state index in [1.807, 2.05) is 19.0 Å². The van der Waals surface area contributed by atoms with Gasteiger partial charge < -0.3 is 10.0 Å². The van der Waals surface area contributed by atoms with Crippen molar-refractivity contribution in [3.05, 3.63) is 37.2 Å². The van der Waals surface area contributed by atoms with Crippen molar-refractivity contribution >= 4 is 46.1 Å².